The van der Waals surface area contributed by atoms with Crippen LogP contribution in [-0.2, 0) is 16.1 Å². The van der Waals surface area contributed by atoms with Gasteiger partial charge in [-0.2, -0.15) is 0 Å². The van der Waals surface area contributed by atoms with Gasteiger partial charge in [0.1, 0.15) is 12.4 Å². The van der Waals surface area contributed by atoms with E-state index in [-0.39, 0.29) is 23.7 Å². The summed E-state index contributed by atoms with van der Waals surface area (Å²) in [6.07, 6.45) is 2.67. The molecule has 1 aromatic heterocycles. The number of benzene rings is 2. The Morgan fingerprint density at radius 1 is 1.19 bits per heavy atom. The van der Waals surface area contributed by atoms with E-state index in [1.54, 1.807) is 24.3 Å². The minimum absolute atomic E-state index is 0.0314. The van der Waals surface area contributed by atoms with E-state index in [9.17, 15) is 19.7 Å². The van der Waals surface area contributed by atoms with Crippen LogP contribution in [0, 0.1) is 10.1 Å². The molecule has 0 unspecified atom stereocenters. The van der Waals surface area contributed by atoms with E-state index in [1.807, 2.05) is 0 Å². The summed E-state index contributed by atoms with van der Waals surface area (Å²) in [5.41, 5.74) is 0.799. The van der Waals surface area contributed by atoms with Crippen LogP contribution in [0.5, 0.6) is 0 Å². The fraction of sp³-hybridized carbons (Fsp3) is 0.0556. The number of hydrogen-bond acceptors (Lipinski definition) is 6. The molecule has 8 heteroatoms. The van der Waals surface area contributed by atoms with Crippen molar-refractivity contribution in [2.45, 2.75) is 6.61 Å². The number of hydrogen-bond donors (Lipinski definition) is 1. The highest BCUT2D eigenvalue weighted by Gasteiger charge is 2.06. The summed E-state index contributed by atoms with van der Waals surface area (Å²) in [6, 6.07) is 12.6. The summed E-state index contributed by atoms with van der Waals surface area (Å²) >= 11 is 0. The van der Waals surface area contributed by atoms with Gasteiger partial charge in [-0.05, 0) is 35.9 Å². The molecule has 1 N–H and O–H groups in total. The first-order chi connectivity index (χ1) is 12.5. The molecule has 0 saturated heterocycles. The molecule has 0 radical (unpaired) electrons. The maximum Gasteiger partial charge on any atom is 0.331 e. The molecule has 0 saturated carbocycles. The predicted octanol–water partition coefficient (Wildman–Crippen LogP) is 2.59. The van der Waals surface area contributed by atoms with Gasteiger partial charge in [-0.3, -0.25) is 14.9 Å². The number of ether oxygens (including phenoxy) is 1. The van der Waals surface area contributed by atoms with Crippen LogP contribution in [0.25, 0.3) is 17.0 Å². The minimum Gasteiger partial charge on any atom is -0.454 e. The monoisotopic (exact) mass is 351 g/mol. The van der Waals surface area contributed by atoms with Gasteiger partial charge in [-0.25, -0.2) is 9.78 Å². The maximum atomic E-state index is 11.9. The molecular formula is C18H13N3O5. The smallest absolute Gasteiger partial charge is 0.331 e. The Bertz CT molecular complexity index is 1050. The topological polar surface area (TPSA) is 115 Å². The van der Waals surface area contributed by atoms with Gasteiger partial charge in [0.25, 0.3) is 11.2 Å². The standard InChI is InChI=1S/C18H13N3O5/c22-17(10-7-12-5-8-13(9-6-12)21(24)25)26-11-16-19-15-4-2-1-3-14(15)18(23)20-16/h1-10H,11H2,(H,19,20,23)/b10-7+. The van der Waals surface area contributed by atoms with Crippen LogP contribution in [0.15, 0.2) is 59.4 Å². The number of carbonyl (C=O) groups excluding carboxylic acids is 1. The lowest BCUT2D eigenvalue weighted by atomic mass is 10.2. The van der Waals surface area contributed by atoms with Gasteiger partial charge in [0, 0.05) is 18.2 Å². The lowest BCUT2D eigenvalue weighted by molar-refractivity contribution is -0.384. The number of carbonyl (C=O) groups is 1. The van der Waals surface area contributed by atoms with Crippen LogP contribution in [0.2, 0.25) is 0 Å². The number of H-pyrrole nitrogens is 1. The first-order valence-corrected chi connectivity index (χ1v) is 7.60. The average Bonchev–Trinajstić information content (AvgIpc) is 2.65. The van der Waals surface area contributed by atoms with Gasteiger partial charge < -0.3 is 9.72 Å². The third-order valence-electron chi connectivity index (χ3n) is 3.53. The zero-order valence-electron chi connectivity index (χ0n) is 13.4. The number of aromatic amines is 1. The molecule has 0 amide bonds. The third kappa shape index (κ3) is 3.99. The maximum absolute atomic E-state index is 11.9. The van der Waals surface area contributed by atoms with Gasteiger partial charge in [-0.1, -0.05) is 12.1 Å². The van der Waals surface area contributed by atoms with E-state index < -0.39 is 10.9 Å². The minimum atomic E-state index is -0.626. The lowest BCUT2D eigenvalue weighted by Gasteiger charge is -2.03. The van der Waals surface area contributed by atoms with E-state index in [0.29, 0.717) is 16.5 Å². The van der Waals surface area contributed by atoms with Crippen LogP contribution in [-0.4, -0.2) is 20.9 Å². The Labute approximate surface area is 146 Å². The van der Waals surface area contributed by atoms with Gasteiger partial charge in [-0.15, -0.1) is 0 Å². The second-order valence-electron chi connectivity index (χ2n) is 5.32. The van der Waals surface area contributed by atoms with E-state index in [4.69, 9.17) is 4.74 Å². The number of rotatable bonds is 5. The molecule has 130 valence electrons. The third-order valence-corrected chi connectivity index (χ3v) is 3.53. The van der Waals surface area contributed by atoms with Crippen LogP contribution >= 0.6 is 0 Å². The summed E-state index contributed by atoms with van der Waals surface area (Å²) in [6.45, 7) is -0.177. The SMILES string of the molecule is O=C(/C=C/c1ccc([N+](=O)[O-])cc1)OCc1nc2ccccc2c(=O)[nH]1. The number of fused-ring (bicyclic) bond motifs is 1. The number of nitrogens with zero attached hydrogens (tertiary/aromatic N) is 2. The van der Waals surface area contributed by atoms with Crippen molar-refractivity contribution in [3.05, 3.63) is 86.5 Å². The Balaban J connectivity index is 1.63. The van der Waals surface area contributed by atoms with E-state index >= 15 is 0 Å². The summed E-state index contributed by atoms with van der Waals surface area (Å²) in [4.78, 5) is 40.6. The molecule has 0 fully saturated rings. The van der Waals surface area contributed by atoms with E-state index in [0.717, 1.165) is 0 Å². The molecule has 3 aromatic rings. The van der Waals surface area contributed by atoms with Crippen molar-refractivity contribution in [3.63, 3.8) is 0 Å². The largest absolute Gasteiger partial charge is 0.454 e. The fourth-order valence-electron chi connectivity index (χ4n) is 2.26. The molecule has 1 heterocycles. The molecule has 0 aliphatic heterocycles. The van der Waals surface area contributed by atoms with Crippen molar-refractivity contribution < 1.29 is 14.5 Å². The summed E-state index contributed by atoms with van der Waals surface area (Å²) in [7, 11) is 0. The van der Waals surface area contributed by atoms with Crippen molar-refractivity contribution in [1.82, 2.24) is 9.97 Å². The zero-order valence-corrected chi connectivity index (χ0v) is 13.4. The normalized spacial score (nSPS) is 10.9. The van der Waals surface area contributed by atoms with Crippen molar-refractivity contribution in [1.29, 1.82) is 0 Å². The summed E-state index contributed by atoms with van der Waals surface area (Å²) in [5.74, 6) is -0.384. The summed E-state index contributed by atoms with van der Waals surface area (Å²) in [5, 5.41) is 11.0. The molecule has 0 aliphatic carbocycles. The summed E-state index contributed by atoms with van der Waals surface area (Å²) < 4.78 is 5.05. The average molecular weight is 351 g/mol. The van der Waals surface area contributed by atoms with Crippen LogP contribution in [0.3, 0.4) is 0 Å². The Hall–Kier alpha value is -3.81. The molecule has 3 rings (SSSR count). The number of non-ortho nitro benzene ring substituents is 1. The molecule has 2 aromatic carbocycles. The Morgan fingerprint density at radius 3 is 2.65 bits per heavy atom. The lowest BCUT2D eigenvalue weighted by Crippen LogP contribution is -2.13. The van der Waals surface area contributed by atoms with Gasteiger partial charge in [0.2, 0.25) is 0 Å². The number of nitro groups is 1. The highest BCUT2D eigenvalue weighted by atomic mass is 16.6. The highest BCUT2D eigenvalue weighted by Crippen LogP contribution is 2.13. The van der Waals surface area contributed by atoms with Crippen LogP contribution in [0.4, 0.5) is 5.69 Å². The molecular weight excluding hydrogens is 338 g/mol. The molecule has 8 nitrogen and oxygen atoms in total. The molecule has 26 heavy (non-hydrogen) atoms. The second-order valence-corrected chi connectivity index (χ2v) is 5.32. The van der Waals surface area contributed by atoms with Crippen LogP contribution in [0.1, 0.15) is 11.4 Å². The highest BCUT2D eigenvalue weighted by molar-refractivity contribution is 5.87. The van der Waals surface area contributed by atoms with Crippen molar-refractivity contribution >= 4 is 28.6 Å². The molecule has 0 atom stereocenters. The Morgan fingerprint density at radius 2 is 1.92 bits per heavy atom. The van der Waals surface area contributed by atoms with Gasteiger partial charge in [0.15, 0.2) is 0 Å². The van der Waals surface area contributed by atoms with E-state index in [1.165, 1.54) is 36.4 Å². The molecule has 0 bridgehead atoms. The van der Waals surface area contributed by atoms with Crippen molar-refractivity contribution in [3.8, 4) is 0 Å². The zero-order chi connectivity index (χ0) is 18.5. The first kappa shape index (κ1) is 17.0. The molecule has 0 spiro atoms. The number of para-hydroxylation sites is 1. The van der Waals surface area contributed by atoms with Crippen LogP contribution < -0.4 is 5.56 Å². The second kappa shape index (κ2) is 7.39. The number of nitrogens with one attached hydrogen (secondary N) is 1. The quantitative estimate of drug-likeness (QED) is 0.327. The number of aromatic nitrogens is 2. The first-order valence-electron chi connectivity index (χ1n) is 7.60. The predicted molar refractivity (Wildman–Crippen MR) is 94.3 cm³/mol. The number of esters is 1. The van der Waals surface area contributed by atoms with E-state index in [2.05, 4.69) is 9.97 Å². The van der Waals surface area contributed by atoms with Crippen molar-refractivity contribution in [2.24, 2.45) is 0 Å². The van der Waals surface area contributed by atoms with Gasteiger partial charge >= 0.3 is 5.97 Å². The molecule has 0 aliphatic rings. The van der Waals surface area contributed by atoms with Gasteiger partial charge in [0.05, 0.1) is 15.8 Å². The fourth-order valence-corrected chi connectivity index (χ4v) is 2.26. The Kier molecular flexibility index (Phi) is 4.84. The number of nitro benzene ring substituents is 1. The van der Waals surface area contributed by atoms with Crippen molar-refractivity contribution in [2.75, 3.05) is 0 Å².